The minimum absolute atomic E-state index is 0.351. The third-order valence-electron chi connectivity index (χ3n) is 4.92. The van der Waals surface area contributed by atoms with Crippen molar-refractivity contribution in [1.82, 2.24) is 0 Å². The molecule has 2 unspecified atom stereocenters. The number of benzene rings is 1. The molecule has 0 amide bonds. The molecule has 1 heteroatoms. The smallest absolute Gasteiger partial charge is 0.0716 e. The molecule has 1 aliphatic rings. The fourth-order valence-corrected chi connectivity index (χ4v) is 3.72. The van der Waals surface area contributed by atoms with E-state index in [1.807, 2.05) is 0 Å². The minimum Gasteiger partial charge on any atom is -0.389 e. The Balaban J connectivity index is 1.94. The van der Waals surface area contributed by atoms with Gasteiger partial charge in [0.05, 0.1) is 5.60 Å². The third-order valence-corrected chi connectivity index (χ3v) is 4.92. The Kier molecular flexibility index (Phi) is 6.09. The highest BCUT2D eigenvalue weighted by atomic mass is 16.3. The first kappa shape index (κ1) is 15.6. The van der Waals surface area contributed by atoms with Crippen molar-refractivity contribution >= 4 is 0 Å². The van der Waals surface area contributed by atoms with Gasteiger partial charge in [-0.2, -0.15) is 0 Å². The van der Waals surface area contributed by atoms with Gasteiger partial charge in [-0.1, -0.05) is 82.2 Å². The van der Waals surface area contributed by atoms with Crippen LogP contribution in [0.15, 0.2) is 30.3 Å². The van der Waals surface area contributed by atoms with Gasteiger partial charge >= 0.3 is 0 Å². The maximum atomic E-state index is 11.1. The van der Waals surface area contributed by atoms with Crippen molar-refractivity contribution in [2.45, 2.75) is 82.7 Å². The Hall–Kier alpha value is -0.820. The van der Waals surface area contributed by atoms with Gasteiger partial charge in [-0.3, -0.25) is 0 Å². The van der Waals surface area contributed by atoms with Crippen LogP contribution >= 0.6 is 0 Å². The third kappa shape index (κ3) is 4.09. The summed E-state index contributed by atoms with van der Waals surface area (Å²) in [5, 5.41) is 11.1. The van der Waals surface area contributed by atoms with Crippen LogP contribution in [-0.2, 0) is 0 Å². The standard InChI is InChI=1S/C19H30O/c1-2-3-4-5-10-15-19(20)16-11-9-14-18(19)17-12-7-6-8-13-17/h6-8,12-13,18,20H,2-5,9-11,14-16H2,1H3. The normalized spacial score (nSPS) is 26.6. The van der Waals surface area contributed by atoms with E-state index >= 15 is 0 Å². The second-order valence-corrected chi connectivity index (χ2v) is 6.48. The van der Waals surface area contributed by atoms with Gasteiger partial charge in [0.1, 0.15) is 0 Å². The highest BCUT2D eigenvalue weighted by Crippen LogP contribution is 2.43. The van der Waals surface area contributed by atoms with Crippen molar-refractivity contribution in [2.75, 3.05) is 0 Å². The van der Waals surface area contributed by atoms with Gasteiger partial charge in [-0.25, -0.2) is 0 Å². The maximum absolute atomic E-state index is 11.1. The SMILES string of the molecule is CCCCCCCC1(O)CCCCC1c1ccccc1. The highest BCUT2D eigenvalue weighted by Gasteiger charge is 2.38. The zero-order valence-electron chi connectivity index (χ0n) is 13.0. The monoisotopic (exact) mass is 274 g/mol. The lowest BCUT2D eigenvalue weighted by molar-refractivity contribution is -0.0264. The molecule has 1 aromatic rings. The largest absolute Gasteiger partial charge is 0.389 e. The van der Waals surface area contributed by atoms with Crippen LogP contribution < -0.4 is 0 Å². The first-order chi connectivity index (χ1) is 9.76. The lowest BCUT2D eigenvalue weighted by atomic mass is 9.70. The Bertz CT molecular complexity index is 373. The Morgan fingerprint density at radius 2 is 1.80 bits per heavy atom. The highest BCUT2D eigenvalue weighted by molar-refractivity contribution is 5.23. The predicted molar refractivity (Wildman–Crippen MR) is 86.0 cm³/mol. The molecule has 1 N–H and O–H groups in total. The Morgan fingerprint density at radius 3 is 2.55 bits per heavy atom. The number of unbranched alkanes of at least 4 members (excludes halogenated alkanes) is 4. The van der Waals surface area contributed by atoms with Crippen LogP contribution in [0.4, 0.5) is 0 Å². The van der Waals surface area contributed by atoms with Gasteiger partial charge in [0.25, 0.3) is 0 Å². The van der Waals surface area contributed by atoms with Crippen molar-refractivity contribution in [3.8, 4) is 0 Å². The summed E-state index contributed by atoms with van der Waals surface area (Å²) in [5.74, 6) is 0.351. The summed E-state index contributed by atoms with van der Waals surface area (Å²) in [6.07, 6.45) is 12.0. The molecule has 1 aromatic carbocycles. The van der Waals surface area contributed by atoms with E-state index in [2.05, 4.69) is 37.3 Å². The molecule has 1 fully saturated rings. The van der Waals surface area contributed by atoms with Crippen molar-refractivity contribution in [3.63, 3.8) is 0 Å². The van der Waals surface area contributed by atoms with E-state index in [-0.39, 0.29) is 0 Å². The lowest BCUT2D eigenvalue weighted by Gasteiger charge is -2.40. The summed E-state index contributed by atoms with van der Waals surface area (Å²) in [6.45, 7) is 2.25. The maximum Gasteiger partial charge on any atom is 0.0716 e. The van der Waals surface area contributed by atoms with Crippen molar-refractivity contribution < 1.29 is 5.11 Å². The molecule has 0 heterocycles. The van der Waals surface area contributed by atoms with Gasteiger partial charge in [-0.15, -0.1) is 0 Å². The molecule has 0 aliphatic heterocycles. The average molecular weight is 274 g/mol. The molecule has 0 bridgehead atoms. The van der Waals surface area contributed by atoms with Gasteiger partial charge in [-0.05, 0) is 24.8 Å². The second kappa shape index (κ2) is 7.83. The fourth-order valence-electron chi connectivity index (χ4n) is 3.72. The topological polar surface area (TPSA) is 20.2 Å². The molecule has 0 spiro atoms. The predicted octanol–water partition coefficient (Wildman–Crippen LogP) is 5.44. The Labute approximate surface area is 124 Å². The van der Waals surface area contributed by atoms with E-state index in [4.69, 9.17) is 0 Å². The molecule has 2 atom stereocenters. The number of aliphatic hydroxyl groups is 1. The van der Waals surface area contributed by atoms with Crippen LogP contribution in [0.5, 0.6) is 0 Å². The summed E-state index contributed by atoms with van der Waals surface area (Å²) in [4.78, 5) is 0. The zero-order chi connectivity index (χ0) is 14.3. The number of hydrogen-bond acceptors (Lipinski definition) is 1. The van der Waals surface area contributed by atoms with Crippen LogP contribution in [0.3, 0.4) is 0 Å². The zero-order valence-corrected chi connectivity index (χ0v) is 13.0. The molecule has 0 radical (unpaired) electrons. The quantitative estimate of drug-likeness (QED) is 0.657. The second-order valence-electron chi connectivity index (χ2n) is 6.48. The van der Waals surface area contributed by atoms with Crippen molar-refractivity contribution in [1.29, 1.82) is 0 Å². The van der Waals surface area contributed by atoms with Crippen molar-refractivity contribution in [2.24, 2.45) is 0 Å². The molecule has 0 aromatic heterocycles. The molecule has 20 heavy (non-hydrogen) atoms. The molecule has 1 nitrogen and oxygen atoms in total. The van der Waals surface area contributed by atoms with Crippen LogP contribution in [0.1, 0.15) is 82.6 Å². The molecule has 1 aliphatic carbocycles. The Morgan fingerprint density at radius 1 is 1.05 bits per heavy atom. The number of rotatable bonds is 7. The van der Waals surface area contributed by atoms with Crippen LogP contribution in [0.2, 0.25) is 0 Å². The van der Waals surface area contributed by atoms with Crippen molar-refractivity contribution in [3.05, 3.63) is 35.9 Å². The lowest BCUT2D eigenvalue weighted by Crippen LogP contribution is -2.39. The van der Waals surface area contributed by atoms with Gasteiger partial charge < -0.3 is 5.11 Å². The van der Waals surface area contributed by atoms with E-state index in [0.29, 0.717) is 5.92 Å². The summed E-state index contributed by atoms with van der Waals surface area (Å²) in [7, 11) is 0. The number of hydrogen-bond donors (Lipinski definition) is 1. The summed E-state index contributed by atoms with van der Waals surface area (Å²) >= 11 is 0. The summed E-state index contributed by atoms with van der Waals surface area (Å²) < 4.78 is 0. The van der Waals surface area contributed by atoms with Crippen LogP contribution in [0.25, 0.3) is 0 Å². The average Bonchev–Trinajstić information content (AvgIpc) is 2.48. The molecular weight excluding hydrogens is 244 g/mol. The molecule has 112 valence electrons. The van der Waals surface area contributed by atoms with Gasteiger partial charge in [0.2, 0.25) is 0 Å². The first-order valence-corrected chi connectivity index (χ1v) is 8.53. The first-order valence-electron chi connectivity index (χ1n) is 8.53. The minimum atomic E-state index is -0.453. The molecule has 0 saturated heterocycles. The van der Waals surface area contributed by atoms with Crippen LogP contribution in [0, 0.1) is 0 Å². The fraction of sp³-hybridized carbons (Fsp3) is 0.684. The van der Waals surface area contributed by atoms with Gasteiger partial charge in [0.15, 0.2) is 0 Å². The summed E-state index contributed by atoms with van der Waals surface area (Å²) in [6, 6.07) is 10.7. The van der Waals surface area contributed by atoms with E-state index < -0.39 is 5.60 Å². The molecule has 1 saturated carbocycles. The van der Waals surface area contributed by atoms with Crippen LogP contribution in [-0.4, -0.2) is 10.7 Å². The van der Waals surface area contributed by atoms with E-state index in [1.54, 1.807) is 0 Å². The van der Waals surface area contributed by atoms with Gasteiger partial charge in [0, 0.05) is 5.92 Å². The summed E-state index contributed by atoms with van der Waals surface area (Å²) in [5.41, 5.74) is 0.884. The molecular formula is C19H30O. The van der Waals surface area contributed by atoms with E-state index in [0.717, 1.165) is 19.3 Å². The van der Waals surface area contributed by atoms with E-state index in [9.17, 15) is 5.11 Å². The molecule has 2 rings (SSSR count). The van der Waals surface area contributed by atoms with E-state index in [1.165, 1.54) is 50.5 Å².